The van der Waals surface area contributed by atoms with Gasteiger partial charge in [-0.15, -0.1) is 0 Å². The van der Waals surface area contributed by atoms with Gasteiger partial charge in [-0.3, -0.25) is 0 Å². The highest BCUT2D eigenvalue weighted by Crippen LogP contribution is 2.49. The topological polar surface area (TPSA) is 57.4 Å². The lowest BCUT2D eigenvalue weighted by atomic mass is 10.0. The van der Waals surface area contributed by atoms with Gasteiger partial charge in [0.05, 0.1) is 40.7 Å². The molecule has 7 aromatic rings. The summed E-state index contributed by atoms with van der Waals surface area (Å²) >= 11 is 16.1. The van der Waals surface area contributed by atoms with E-state index >= 15 is 0 Å². The van der Waals surface area contributed by atoms with Crippen LogP contribution in [0.15, 0.2) is 121 Å². The number of hydrogen-bond donors (Lipinski definition) is 2. The molecule has 5 heterocycles. The Morgan fingerprint density at radius 2 is 0.571 bits per heavy atom. The molecule has 0 aliphatic carbocycles. The average Bonchev–Trinajstić information content (AvgIpc) is 3.96. The van der Waals surface area contributed by atoms with Crippen LogP contribution in [0.4, 0.5) is 0 Å². The number of fused-ring (bicyclic) bond motifs is 8. The van der Waals surface area contributed by atoms with E-state index in [1.165, 1.54) is 0 Å². The number of halogens is 4. The SMILES string of the molecule is Cc1cccc(-c2c3nc(c(-c4cccc(C)c4)c4ccc([nH]4)c(-c4cccc(C)c4)c4nc(c(-c5cccc(C)c5)c5ccc2[nH]5)C(Br)=C4Br)C(Br)=C3Br)c1. The Balaban J connectivity index is 1.56. The van der Waals surface area contributed by atoms with Gasteiger partial charge in [0.2, 0.25) is 0 Å². The van der Waals surface area contributed by atoms with Crippen LogP contribution >= 0.6 is 63.7 Å². The Labute approximate surface area is 359 Å². The molecular weight excluding hydrogens is 952 g/mol. The van der Waals surface area contributed by atoms with Crippen molar-refractivity contribution in [2.75, 3.05) is 0 Å². The van der Waals surface area contributed by atoms with E-state index in [0.29, 0.717) is 0 Å². The van der Waals surface area contributed by atoms with Gasteiger partial charge in [-0.1, -0.05) is 119 Å². The standard InChI is InChI=1S/C48H34Br4N4/c1-25-9-5-13-29(21-25)37-33-17-18-34(53-33)38(30-14-6-10-26(2)22-30)47-43(51)44(52)48(56-47)40(32-16-8-12-28(4)24-32)36-20-19-35(54-36)39(31-15-7-11-27(3)23-31)46-42(50)41(49)45(37)55-46/h5-24,53-54H,1-4H3. The van der Waals surface area contributed by atoms with E-state index < -0.39 is 0 Å². The maximum Gasteiger partial charge on any atom is 0.0891 e. The molecule has 9 rings (SSSR count). The number of benzene rings is 4. The zero-order chi connectivity index (χ0) is 38.8. The first-order chi connectivity index (χ1) is 27.0. The number of nitrogens with one attached hydrogen (secondary N) is 2. The largest absolute Gasteiger partial charge is 0.354 e. The van der Waals surface area contributed by atoms with Crippen LogP contribution in [0.3, 0.4) is 0 Å². The maximum atomic E-state index is 5.55. The van der Waals surface area contributed by atoms with E-state index in [1.807, 2.05) is 0 Å². The fourth-order valence-corrected chi connectivity index (χ4v) is 9.65. The smallest absolute Gasteiger partial charge is 0.0891 e. The van der Waals surface area contributed by atoms with Crippen LogP contribution in [0.2, 0.25) is 0 Å². The highest BCUT2D eigenvalue weighted by atomic mass is 79.9. The minimum atomic E-state index is 0.830. The van der Waals surface area contributed by atoms with Crippen LogP contribution in [0, 0.1) is 27.7 Å². The van der Waals surface area contributed by atoms with Crippen molar-refractivity contribution in [2.24, 2.45) is 0 Å². The fraction of sp³-hybridized carbons (Fsp3) is 0.0833. The monoisotopic (exact) mass is 982 g/mol. The molecule has 2 aliphatic rings. The van der Waals surface area contributed by atoms with Crippen molar-refractivity contribution in [1.29, 1.82) is 0 Å². The molecule has 0 saturated carbocycles. The van der Waals surface area contributed by atoms with Crippen molar-refractivity contribution in [3.63, 3.8) is 0 Å². The molecule has 0 spiro atoms. The summed E-state index contributed by atoms with van der Waals surface area (Å²) in [7, 11) is 0. The van der Waals surface area contributed by atoms with Crippen LogP contribution in [0.5, 0.6) is 0 Å². The number of H-pyrrole nitrogens is 2. The molecular formula is C48H34Br4N4. The van der Waals surface area contributed by atoms with E-state index in [2.05, 4.69) is 223 Å². The third-order valence-corrected chi connectivity index (χ3v) is 14.4. The molecule has 0 amide bonds. The lowest BCUT2D eigenvalue weighted by Gasteiger charge is -2.08. The minimum absolute atomic E-state index is 0.830. The fourth-order valence-electron chi connectivity index (χ4n) is 7.75. The van der Waals surface area contributed by atoms with Gasteiger partial charge < -0.3 is 9.97 Å². The highest BCUT2D eigenvalue weighted by Gasteiger charge is 2.28. The number of nitrogens with zero attached hydrogens (tertiary/aromatic N) is 2. The molecule has 0 atom stereocenters. The van der Waals surface area contributed by atoms with Gasteiger partial charge in [0.15, 0.2) is 0 Å². The van der Waals surface area contributed by atoms with Gasteiger partial charge in [-0.05, 0) is 138 Å². The summed E-state index contributed by atoms with van der Waals surface area (Å²) in [4.78, 5) is 18.9. The van der Waals surface area contributed by atoms with Crippen LogP contribution in [0.25, 0.3) is 84.5 Å². The third kappa shape index (κ3) is 6.50. The van der Waals surface area contributed by atoms with E-state index in [9.17, 15) is 0 Å². The van der Waals surface area contributed by atoms with Gasteiger partial charge in [-0.25, -0.2) is 9.97 Å². The number of aromatic amines is 2. The second-order valence-corrected chi connectivity index (χ2v) is 17.6. The number of aromatic nitrogens is 4. The number of aryl methyl sites for hydroxylation is 4. The second-order valence-electron chi connectivity index (χ2n) is 14.4. The predicted molar refractivity (Wildman–Crippen MR) is 251 cm³/mol. The molecule has 274 valence electrons. The van der Waals surface area contributed by atoms with Crippen molar-refractivity contribution in [1.82, 2.24) is 19.9 Å². The summed E-state index contributed by atoms with van der Waals surface area (Å²) in [6, 6.07) is 43.1. The van der Waals surface area contributed by atoms with Crippen LogP contribution in [0.1, 0.15) is 45.0 Å². The van der Waals surface area contributed by atoms with Gasteiger partial charge in [0.25, 0.3) is 0 Å². The summed E-state index contributed by atoms with van der Waals surface area (Å²) in [6.45, 7) is 8.50. The first-order valence-electron chi connectivity index (χ1n) is 18.3. The van der Waals surface area contributed by atoms with E-state index in [4.69, 9.17) is 9.97 Å². The molecule has 0 fully saturated rings. The van der Waals surface area contributed by atoms with Gasteiger partial charge >= 0.3 is 0 Å². The quantitative estimate of drug-likeness (QED) is 0.185. The average molecular weight is 986 g/mol. The Kier molecular flexibility index (Phi) is 9.73. The first-order valence-corrected chi connectivity index (χ1v) is 21.4. The van der Waals surface area contributed by atoms with E-state index in [0.717, 1.165) is 130 Å². The van der Waals surface area contributed by atoms with Crippen molar-refractivity contribution in [3.05, 3.63) is 166 Å². The molecule has 0 unspecified atom stereocenters. The molecule has 2 aliphatic heterocycles. The van der Waals surface area contributed by atoms with Crippen molar-refractivity contribution >= 4 is 104 Å². The summed E-state index contributed by atoms with van der Waals surface area (Å²) in [6.07, 6.45) is 0. The minimum Gasteiger partial charge on any atom is -0.354 e. The molecule has 56 heavy (non-hydrogen) atoms. The zero-order valence-corrected chi connectivity index (χ0v) is 37.3. The molecule has 3 aromatic heterocycles. The zero-order valence-electron chi connectivity index (χ0n) is 31.0. The third-order valence-electron chi connectivity index (χ3n) is 10.3. The Bertz CT molecular complexity index is 2620. The summed E-state index contributed by atoms with van der Waals surface area (Å²) in [5.74, 6) is 0. The Morgan fingerprint density at radius 3 is 0.786 bits per heavy atom. The molecule has 4 aromatic carbocycles. The number of hydrogen-bond acceptors (Lipinski definition) is 2. The lowest BCUT2D eigenvalue weighted by molar-refractivity contribution is 1.30. The molecule has 0 saturated heterocycles. The first kappa shape index (κ1) is 37.0. The highest BCUT2D eigenvalue weighted by molar-refractivity contribution is 9.18. The van der Waals surface area contributed by atoms with Crippen molar-refractivity contribution < 1.29 is 0 Å². The second kappa shape index (κ2) is 14.7. The molecule has 4 nitrogen and oxygen atoms in total. The van der Waals surface area contributed by atoms with Gasteiger partial charge in [0.1, 0.15) is 0 Å². The molecule has 8 heteroatoms. The summed E-state index contributed by atoms with van der Waals surface area (Å²) < 4.78 is 3.52. The van der Waals surface area contributed by atoms with Gasteiger partial charge in [-0.2, -0.15) is 0 Å². The number of rotatable bonds is 4. The van der Waals surface area contributed by atoms with Crippen LogP contribution in [-0.2, 0) is 0 Å². The normalized spacial score (nSPS) is 12.9. The van der Waals surface area contributed by atoms with E-state index in [-0.39, 0.29) is 0 Å². The van der Waals surface area contributed by atoms with Gasteiger partial charge in [0, 0.05) is 44.3 Å². The predicted octanol–water partition coefficient (Wildman–Crippen LogP) is 15.4. The lowest BCUT2D eigenvalue weighted by Crippen LogP contribution is -1.91. The van der Waals surface area contributed by atoms with E-state index in [1.54, 1.807) is 0 Å². The Morgan fingerprint density at radius 1 is 0.339 bits per heavy atom. The summed E-state index contributed by atoms with van der Waals surface area (Å²) in [5.41, 5.74) is 19.9. The molecule has 8 bridgehead atoms. The van der Waals surface area contributed by atoms with Crippen LogP contribution in [-0.4, -0.2) is 19.9 Å². The maximum absolute atomic E-state index is 5.55. The van der Waals surface area contributed by atoms with Crippen LogP contribution < -0.4 is 0 Å². The Hall–Kier alpha value is -4.60. The molecule has 0 radical (unpaired) electrons. The molecule has 2 N–H and O–H groups in total. The summed E-state index contributed by atoms with van der Waals surface area (Å²) in [5, 5.41) is 0. The van der Waals surface area contributed by atoms with Crippen molar-refractivity contribution in [3.8, 4) is 44.5 Å². The van der Waals surface area contributed by atoms with Crippen molar-refractivity contribution in [2.45, 2.75) is 27.7 Å².